The summed E-state index contributed by atoms with van der Waals surface area (Å²) in [5.41, 5.74) is -0.0529. The number of rotatable bonds is 3. The van der Waals surface area contributed by atoms with Crippen molar-refractivity contribution in [2.45, 2.75) is 43.2 Å². The minimum Gasteiger partial charge on any atom is -0.336 e. The largest absolute Gasteiger partial charge is 0.336 e. The highest BCUT2D eigenvalue weighted by atomic mass is 32.2. The van der Waals surface area contributed by atoms with Crippen molar-refractivity contribution in [3.05, 3.63) is 30.1 Å². The molecule has 6 nitrogen and oxygen atoms in total. The molecule has 8 heteroatoms. The van der Waals surface area contributed by atoms with Crippen LogP contribution in [0.3, 0.4) is 0 Å². The molecule has 2 saturated heterocycles. The van der Waals surface area contributed by atoms with Crippen molar-refractivity contribution in [3.8, 4) is 0 Å². The number of benzene rings is 1. The van der Waals surface area contributed by atoms with E-state index in [-0.39, 0.29) is 28.3 Å². The van der Waals surface area contributed by atoms with Crippen molar-refractivity contribution in [1.29, 1.82) is 0 Å². The first-order valence-electron chi connectivity index (χ1n) is 9.09. The molecule has 0 bridgehead atoms. The SMILES string of the molecule is C[C@@H]1CCNCC(=O)N1C1CC2(C1)CN(S(=O)(=O)c1ccccc1F)C2. The lowest BCUT2D eigenvalue weighted by atomic mass is 9.61. The van der Waals surface area contributed by atoms with Gasteiger partial charge in [-0.2, -0.15) is 4.31 Å². The average Bonchev–Trinajstić information content (AvgIpc) is 2.67. The molecule has 1 atom stereocenters. The van der Waals surface area contributed by atoms with Crippen molar-refractivity contribution >= 4 is 15.9 Å². The van der Waals surface area contributed by atoms with Crippen LogP contribution in [-0.4, -0.2) is 61.8 Å². The molecular weight excluding hydrogens is 357 g/mol. The third-order valence-corrected chi connectivity index (χ3v) is 7.81. The molecule has 26 heavy (non-hydrogen) atoms. The van der Waals surface area contributed by atoms with Crippen molar-refractivity contribution in [2.75, 3.05) is 26.2 Å². The van der Waals surface area contributed by atoms with Gasteiger partial charge in [0.15, 0.2) is 0 Å². The number of halogens is 1. The molecule has 2 aliphatic heterocycles. The lowest BCUT2D eigenvalue weighted by Crippen LogP contribution is -2.68. The van der Waals surface area contributed by atoms with Crippen molar-refractivity contribution in [1.82, 2.24) is 14.5 Å². The summed E-state index contributed by atoms with van der Waals surface area (Å²) >= 11 is 0. The van der Waals surface area contributed by atoms with E-state index in [2.05, 4.69) is 12.2 Å². The van der Waals surface area contributed by atoms with Gasteiger partial charge < -0.3 is 10.2 Å². The van der Waals surface area contributed by atoms with Crippen LogP contribution in [0.2, 0.25) is 0 Å². The number of carbonyl (C=O) groups excluding carboxylic acids is 1. The Kier molecular flexibility index (Phi) is 4.32. The van der Waals surface area contributed by atoms with Gasteiger partial charge in [-0.3, -0.25) is 4.79 Å². The van der Waals surface area contributed by atoms with Gasteiger partial charge in [0.25, 0.3) is 0 Å². The second-order valence-corrected chi connectivity index (χ2v) is 9.79. The maximum atomic E-state index is 13.9. The molecule has 2 heterocycles. The summed E-state index contributed by atoms with van der Waals surface area (Å²) in [6.07, 6.45) is 2.59. The topological polar surface area (TPSA) is 69.7 Å². The second-order valence-electron chi connectivity index (χ2n) is 7.88. The van der Waals surface area contributed by atoms with Gasteiger partial charge in [0.2, 0.25) is 15.9 Å². The summed E-state index contributed by atoms with van der Waals surface area (Å²) in [7, 11) is -3.78. The maximum Gasteiger partial charge on any atom is 0.246 e. The highest BCUT2D eigenvalue weighted by Crippen LogP contribution is 2.52. The molecule has 1 saturated carbocycles. The number of hydrogen-bond acceptors (Lipinski definition) is 4. The summed E-state index contributed by atoms with van der Waals surface area (Å²) in [6, 6.07) is 5.89. The lowest BCUT2D eigenvalue weighted by molar-refractivity contribution is -0.145. The molecule has 0 unspecified atom stereocenters. The highest BCUT2D eigenvalue weighted by molar-refractivity contribution is 7.89. The van der Waals surface area contributed by atoms with E-state index < -0.39 is 15.8 Å². The summed E-state index contributed by atoms with van der Waals surface area (Å²) < 4.78 is 40.4. The van der Waals surface area contributed by atoms with Gasteiger partial charge in [0, 0.05) is 30.6 Å². The van der Waals surface area contributed by atoms with Gasteiger partial charge in [-0.05, 0) is 44.9 Å². The zero-order chi connectivity index (χ0) is 18.5. The van der Waals surface area contributed by atoms with E-state index in [0.717, 1.165) is 25.8 Å². The highest BCUT2D eigenvalue weighted by Gasteiger charge is 2.58. The fraction of sp³-hybridized carbons (Fsp3) is 0.611. The first-order chi connectivity index (χ1) is 12.3. The molecule has 1 N–H and O–H groups in total. The van der Waals surface area contributed by atoms with Gasteiger partial charge in [-0.15, -0.1) is 0 Å². The Morgan fingerprint density at radius 3 is 2.62 bits per heavy atom. The smallest absolute Gasteiger partial charge is 0.246 e. The van der Waals surface area contributed by atoms with Gasteiger partial charge in [-0.25, -0.2) is 12.8 Å². The van der Waals surface area contributed by atoms with Crippen LogP contribution in [0.15, 0.2) is 29.2 Å². The van der Waals surface area contributed by atoms with E-state index in [1.807, 2.05) is 4.90 Å². The van der Waals surface area contributed by atoms with Crippen molar-refractivity contribution < 1.29 is 17.6 Å². The third kappa shape index (κ3) is 2.84. The Bertz CT molecular complexity index is 815. The molecule has 142 valence electrons. The number of sulfonamides is 1. The predicted molar refractivity (Wildman–Crippen MR) is 94.4 cm³/mol. The average molecular weight is 381 g/mol. The van der Waals surface area contributed by atoms with Crippen LogP contribution in [-0.2, 0) is 14.8 Å². The van der Waals surface area contributed by atoms with E-state index in [1.165, 1.54) is 28.6 Å². The first-order valence-corrected chi connectivity index (χ1v) is 10.5. The molecule has 3 fully saturated rings. The number of hydrogen-bond donors (Lipinski definition) is 1. The van der Waals surface area contributed by atoms with Crippen LogP contribution in [0.25, 0.3) is 0 Å². The standard InChI is InChI=1S/C18H24FN3O3S/c1-13-6-7-20-10-17(23)22(13)14-8-18(9-14)11-21(12-18)26(24,25)16-5-3-2-4-15(16)19/h2-5,13-14,20H,6-12H2,1H3/t13-/m1/s1. The number of carbonyl (C=O) groups is 1. The van der Waals surface area contributed by atoms with Gasteiger partial charge in [0.05, 0.1) is 6.54 Å². The lowest BCUT2D eigenvalue weighted by Gasteiger charge is -2.60. The fourth-order valence-electron chi connectivity index (χ4n) is 4.61. The van der Waals surface area contributed by atoms with Crippen LogP contribution in [0.4, 0.5) is 4.39 Å². The van der Waals surface area contributed by atoms with E-state index in [4.69, 9.17) is 0 Å². The zero-order valence-electron chi connectivity index (χ0n) is 14.8. The summed E-state index contributed by atoms with van der Waals surface area (Å²) in [6.45, 7) is 4.12. The van der Waals surface area contributed by atoms with Crippen LogP contribution >= 0.6 is 0 Å². The molecule has 0 aromatic heterocycles. The van der Waals surface area contributed by atoms with Gasteiger partial charge in [0.1, 0.15) is 10.7 Å². The Balaban J connectivity index is 1.40. The maximum absolute atomic E-state index is 13.9. The molecule has 1 amide bonds. The predicted octanol–water partition coefficient (Wildman–Crippen LogP) is 1.19. The fourth-order valence-corrected chi connectivity index (χ4v) is 6.34. The van der Waals surface area contributed by atoms with E-state index >= 15 is 0 Å². The molecule has 1 aliphatic carbocycles. The summed E-state index contributed by atoms with van der Waals surface area (Å²) in [4.78, 5) is 14.1. The monoisotopic (exact) mass is 381 g/mol. The third-order valence-electron chi connectivity index (χ3n) is 5.99. The van der Waals surface area contributed by atoms with E-state index in [9.17, 15) is 17.6 Å². The number of amides is 1. The number of nitrogens with one attached hydrogen (secondary N) is 1. The Hall–Kier alpha value is -1.51. The van der Waals surface area contributed by atoms with Crippen LogP contribution in [0.5, 0.6) is 0 Å². The minimum atomic E-state index is -3.78. The van der Waals surface area contributed by atoms with Gasteiger partial charge in [-0.1, -0.05) is 12.1 Å². The molecular formula is C18H24FN3O3S. The van der Waals surface area contributed by atoms with Crippen LogP contribution in [0, 0.1) is 11.2 Å². The summed E-state index contributed by atoms with van der Waals surface area (Å²) in [5.74, 6) is -0.582. The molecule has 3 aliphatic rings. The molecule has 1 aromatic rings. The van der Waals surface area contributed by atoms with Crippen LogP contribution < -0.4 is 5.32 Å². The second kappa shape index (κ2) is 6.28. The quantitative estimate of drug-likeness (QED) is 0.854. The van der Waals surface area contributed by atoms with Gasteiger partial charge >= 0.3 is 0 Å². The normalized spacial score (nSPS) is 27.1. The van der Waals surface area contributed by atoms with E-state index in [0.29, 0.717) is 19.6 Å². The van der Waals surface area contributed by atoms with Crippen LogP contribution in [0.1, 0.15) is 26.2 Å². The Morgan fingerprint density at radius 1 is 1.23 bits per heavy atom. The molecule has 4 rings (SSSR count). The Labute approximate surface area is 153 Å². The first kappa shape index (κ1) is 17.9. The van der Waals surface area contributed by atoms with Crippen molar-refractivity contribution in [2.24, 2.45) is 5.41 Å². The number of nitrogens with zero attached hydrogens (tertiary/aromatic N) is 2. The summed E-state index contributed by atoms with van der Waals surface area (Å²) in [5, 5.41) is 3.15. The minimum absolute atomic E-state index is 0.0529. The van der Waals surface area contributed by atoms with E-state index in [1.54, 1.807) is 0 Å². The zero-order valence-corrected chi connectivity index (χ0v) is 15.6. The molecule has 1 aromatic carbocycles. The Morgan fingerprint density at radius 2 is 1.92 bits per heavy atom. The van der Waals surface area contributed by atoms with Crippen molar-refractivity contribution in [3.63, 3.8) is 0 Å². The molecule has 0 radical (unpaired) electrons. The molecule has 1 spiro atoms.